The number of urea groups is 1. The Balaban J connectivity index is 1.45. The summed E-state index contributed by atoms with van der Waals surface area (Å²) in [6.45, 7) is 3.29. The van der Waals surface area contributed by atoms with E-state index in [-0.39, 0.29) is 19.0 Å². The van der Waals surface area contributed by atoms with E-state index in [1.807, 2.05) is 13.0 Å². The van der Waals surface area contributed by atoms with Crippen LogP contribution in [0.1, 0.15) is 61.4 Å². The summed E-state index contributed by atoms with van der Waals surface area (Å²) in [7, 11) is 0. The van der Waals surface area contributed by atoms with Gasteiger partial charge in [-0.15, -0.1) is 0 Å². The number of imide groups is 1. The van der Waals surface area contributed by atoms with Crippen molar-refractivity contribution in [2.45, 2.75) is 57.5 Å². The largest absolute Gasteiger partial charge is 0.348 e. The number of hydrogen-bond acceptors (Lipinski definition) is 3. The Morgan fingerprint density at radius 1 is 1.12 bits per heavy atom. The zero-order valence-electron chi connectivity index (χ0n) is 18.4. The minimum Gasteiger partial charge on any atom is -0.348 e. The van der Waals surface area contributed by atoms with Crippen LogP contribution in [0.15, 0.2) is 42.5 Å². The maximum Gasteiger partial charge on any atom is 0.325 e. The fourth-order valence-corrected chi connectivity index (χ4v) is 4.68. The maximum absolute atomic E-state index is 13.3. The Morgan fingerprint density at radius 3 is 2.50 bits per heavy atom. The molecule has 2 N–H and O–H groups in total. The van der Waals surface area contributed by atoms with E-state index in [1.54, 1.807) is 6.92 Å². The molecular formula is C25H28FN3O3. The van der Waals surface area contributed by atoms with Crippen LogP contribution >= 0.6 is 0 Å². The van der Waals surface area contributed by atoms with Crippen LogP contribution in [0.2, 0.25) is 0 Å². The summed E-state index contributed by atoms with van der Waals surface area (Å²) in [5.74, 6) is -1.35. The summed E-state index contributed by atoms with van der Waals surface area (Å²) < 4.78 is 13.3. The summed E-state index contributed by atoms with van der Waals surface area (Å²) in [4.78, 5) is 39.4. The lowest BCUT2D eigenvalue weighted by molar-refractivity contribution is -0.135. The molecule has 0 bridgehead atoms. The molecule has 32 heavy (non-hydrogen) atoms. The SMILES string of the molecule is CC[C@]1(c2ccc(F)cc2)NC(=O)N(CC(=O)N[C@H](C)c2ccc3c(c2)CCCC3)C1=O. The second-order valence-corrected chi connectivity index (χ2v) is 8.61. The van der Waals surface area contributed by atoms with E-state index < -0.39 is 29.2 Å². The number of fused-ring (bicyclic) bond motifs is 1. The van der Waals surface area contributed by atoms with Crippen molar-refractivity contribution in [2.75, 3.05) is 6.54 Å². The Morgan fingerprint density at radius 2 is 1.81 bits per heavy atom. The number of carbonyl (C=O) groups is 3. The van der Waals surface area contributed by atoms with Crippen LogP contribution in [0.4, 0.5) is 9.18 Å². The molecule has 4 amide bonds. The average molecular weight is 438 g/mol. The third-order valence-corrected chi connectivity index (χ3v) is 6.59. The third kappa shape index (κ3) is 3.99. The van der Waals surface area contributed by atoms with Gasteiger partial charge in [0, 0.05) is 0 Å². The Kier molecular flexibility index (Phi) is 6.00. The molecule has 7 heteroatoms. The number of nitrogens with one attached hydrogen (secondary N) is 2. The zero-order chi connectivity index (χ0) is 22.9. The van der Waals surface area contributed by atoms with Gasteiger partial charge >= 0.3 is 6.03 Å². The highest BCUT2D eigenvalue weighted by atomic mass is 19.1. The minimum atomic E-state index is -1.30. The quantitative estimate of drug-likeness (QED) is 0.676. The first-order valence-corrected chi connectivity index (χ1v) is 11.2. The predicted octanol–water partition coefficient (Wildman–Crippen LogP) is 3.74. The lowest BCUT2D eigenvalue weighted by atomic mass is 9.87. The molecule has 1 heterocycles. The highest BCUT2D eigenvalue weighted by Crippen LogP contribution is 2.32. The number of carbonyl (C=O) groups excluding carboxylic acids is 3. The molecule has 1 fully saturated rings. The van der Waals surface area contributed by atoms with Gasteiger partial charge in [0.25, 0.3) is 5.91 Å². The molecular weight excluding hydrogens is 409 g/mol. The monoisotopic (exact) mass is 437 g/mol. The smallest absolute Gasteiger partial charge is 0.325 e. The molecule has 2 aromatic carbocycles. The summed E-state index contributed by atoms with van der Waals surface area (Å²) in [5.41, 5.74) is 2.90. The Hall–Kier alpha value is -3.22. The van der Waals surface area contributed by atoms with Crippen LogP contribution in [0.5, 0.6) is 0 Å². The number of halogens is 1. The van der Waals surface area contributed by atoms with Crippen LogP contribution in [-0.2, 0) is 28.0 Å². The van der Waals surface area contributed by atoms with Crippen LogP contribution in [-0.4, -0.2) is 29.3 Å². The molecule has 2 atom stereocenters. The van der Waals surface area contributed by atoms with Crippen molar-refractivity contribution in [2.24, 2.45) is 0 Å². The summed E-state index contributed by atoms with van der Waals surface area (Å²) in [5, 5.41) is 5.61. The topological polar surface area (TPSA) is 78.5 Å². The first kappa shape index (κ1) is 22.0. The Bertz CT molecular complexity index is 1050. The van der Waals surface area contributed by atoms with Crippen molar-refractivity contribution in [1.82, 2.24) is 15.5 Å². The molecule has 0 radical (unpaired) electrons. The molecule has 168 valence electrons. The maximum atomic E-state index is 13.3. The standard InChI is InChI=1S/C25H28FN3O3/c1-3-25(20-10-12-21(26)13-11-20)23(31)29(24(32)28-25)15-22(30)27-16(2)18-9-8-17-6-4-5-7-19(17)14-18/h8-14,16H,3-7,15H2,1-2H3,(H,27,30)(H,28,32)/t16-,25-/m1/s1. The van der Waals surface area contributed by atoms with Crippen molar-refractivity contribution in [3.05, 3.63) is 70.5 Å². The van der Waals surface area contributed by atoms with Gasteiger partial charge in [-0.3, -0.25) is 14.5 Å². The van der Waals surface area contributed by atoms with Gasteiger partial charge in [0.15, 0.2) is 0 Å². The molecule has 2 aliphatic rings. The van der Waals surface area contributed by atoms with Gasteiger partial charge in [0.1, 0.15) is 17.9 Å². The van der Waals surface area contributed by atoms with Gasteiger partial charge in [-0.2, -0.15) is 0 Å². The zero-order valence-corrected chi connectivity index (χ0v) is 18.4. The number of nitrogens with zero attached hydrogens (tertiary/aromatic N) is 1. The second-order valence-electron chi connectivity index (χ2n) is 8.61. The van der Waals surface area contributed by atoms with Crippen molar-refractivity contribution < 1.29 is 18.8 Å². The van der Waals surface area contributed by atoms with E-state index >= 15 is 0 Å². The van der Waals surface area contributed by atoms with E-state index in [2.05, 4.69) is 22.8 Å². The molecule has 1 aliphatic carbocycles. The van der Waals surface area contributed by atoms with Gasteiger partial charge in [-0.1, -0.05) is 37.3 Å². The van der Waals surface area contributed by atoms with Crippen LogP contribution in [0, 0.1) is 5.82 Å². The number of rotatable bonds is 6. The molecule has 0 saturated carbocycles. The highest BCUT2D eigenvalue weighted by molar-refractivity contribution is 6.09. The van der Waals surface area contributed by atoms with Crippen LogP contribution in [0.3, 0.4) is 0 Å². The van der Waals surface area contributed by atoms with Gasteiger partial charge < -0.3 is 10.6 Å². The van der Waals surface area contributed by atoms with Crippen molar-refractivity contribution in [1.29, 1.82) is 0 Å². The minimum absolute atomic E-state index is 0.247. The molecule has 0 aromatic heterocycles. The van der Waals surface area contributed by atoms with E-state index in [1.165, 1.54) is 48.2 Å². The first-order chi connectivity index (χ1) is 15.3. The second kappa shape index (κ2) is 8.73. The summed E-state index contributed by atoms with van der Waals surface area (Å²) >= 11 is 0. The van der Waals surface area contributed by atoms with Gasteiger partial charge in [0.2, 0.25) is 5.91 Å². The normalized spacial score (nSPS) is 21.2. The van der Waals surface area contributed by atoms with E-state index in [4.69, 9.17) is 0 Å². The summed E-state index contributed by atoms with van der Waals surface area (Å²) in [6.07, 6.45) is 4.82. The molecule has 1 aliphatic heterocycles. The molecule has 2 aromatic rings. The lowest BCUT2D eigenvalue weighted by Crippen LogP contribution is -2.45. The predicted molar refractivity (Wildman–Crippen MR) is 118 cm³/mol. The molecule has 0 unspecified atom stereocenters. The summed E-state index contributed by atoms with van der Waals surface area (Å²) in [6, 6.07) is 10.9. The van der Waals surface area contributed by atoms with Gasteiger partial charge in [-0.25, -0.2) is 9.18 Å². The van der Waals surface area contributed by atoms with Crippen LogP contribution < -0.4 is 10.6 Å². The first-order valence-electron chi connectivity index (χ1n) is 11.2. The average Bonchev–Trinajstić information content (AvgIpc) is 3.04. The number of amides is 4. The van der Waals surface area contributed by atoms with Crippen molar-refractivity contribution in [3.8, 4) is 0 Å². The fraction of sp³-hybridized carbons (Fsp3) is 0.400. The van der Waals surface area contributed by atoms with Crippen molar-refractivity contribution in [3.63, 3.8) is 0 Å². The van der Waals surface area contributed by atoms with E-state index in [0.29, 0.717) is 5.56 Å². The van der Waals surface area contributed by atoms with Crippen molar-refractivity contribution >= 4 is 17.8 Å². The Labute approximate surface area is 187 Å². The lowest BCUT2D eigenvalue weighted by Gasteiger charge is -2.26. The van der Waals surface area contributed by atoms with E-state index in [9.17, 15) is 18.8 Å². The number of hydrogen-bond donors (Lipinski definition) is 2. The number of benzene rings is 2. The third-order valence-electron chi connectivity index (χ3n) is 6.59. The van der Waals surface area contributed by atoms with E-state index in [0.717, 1.165) is 23.3 Å². The van der Waals surface area contributed by atoms with Crippen LogP contribution in [0.25, 0.3) is 0 Å². The molecule has 1 saturated heterocycles. The molecule has 6 nitrogen and oxygen atoms in total. The number of aryl methyl sites for hydroxylation is 2. The van der Waals surface area contributed by atoms with Gasteiger partial charge in [-0.05, 0) is 73.4 Å². The van der Waals surface area contributed by atoms with Gasteiger partial charge in [0.05, 0.1) is 6.04 Å². The molecule has 4 rings (SSSR count). The molecule has 0 spiro atoms. The fourth-order valence-electron chi connectivity index (χ4n) is 4.68. The highest BCUT2D eigenvalue weighted by Gasteiger charge is 2.51.